The largest absolute Gasteiger partial charge is 0.311 e. The molecule has 0 spiro atoms. The maximum atomic E-state index is 2.46. The molecule has 0 radical (unpaired) electrons. The molecule has 2 heterocycles. The molecular formula is C42H29BN2. The van der Waals surface area contributed by atoms with E-state index in [-0.39, 0.29) is 6.71 Å². The van der Waals surface area contributed by atoms with Crippen LogP contribution in [-0.4, -0.2) is 6.71 Å². The van der Waals surface area contributed by atoms with E-state index in [9.17, 15) is 0 Å². The van der Waals surface area contributed by atoms with Crippen molar-refractivity contribution in [3.8, 4) is 22.3 Å². The quantitative estimate of drug-likeness (QED) is 0.194. The van der Waals surface area contributed by atoms with Gasteiger partial charge in [-0.1, -0.05) is 121 Å². The maximum Gasteiger partial charge on any atom is 0.252 e. The number of benzene rings is 7. The van der Waals surface area contributed by atoms with Crippen molar-refractivity contribution >= 4 is 57.2 Å². The molecule has 0 fully saturated rings. The first-order valence-corrected chi connectivity index (χ1v) is 15.6. The Morgan fingerprint density at radius 2 is 0.733 bits per heavy atom. The van der Waals surface area contributed by atoms with Crippen molar-refractivity contribution in [1.82, 2.24) is 0 Å². The van der Waals surface area contributed by atoms with Gasteiger partial charge in [-0.05, 0) is 93.2 Å². The summed E-state index contributed by atoms with van der Waals surface area (Å²) in [7, 11) is 0. The number of fused-ring (bicyclic) bond motifs is 4. The number of nitrogens with zero attached hydrogens (tertiary/aromatic N) is 2. The molecule has 210 valence electrons. The molecule has 0 unspecified atom stereocenters. The Morgan fingerprint density at radius 3 is 1.27 bits per heavy atom. The van der Waals surface area contributed by atoms with Gasteiger partial charge in [0.05, 0.1) is 0 Å². The van der Waals surface area contributed by atoms with Crippen LogP contribution in [0.25, 0.3) is 22.3 Å². The summed E-state index contributed by atoms with van der Waals surface area (Å²) < 4.78 is 0. The molecule has 0 saturated heterocycles. The summed E-state index contributed by atoms with van der Waals surface area (Å²) in [6.07, 6.45) is 0. The second kappa shape index (κ2) is 10.4. The van der Waals surface area contributed by atoms with Gasteiger partial charge in [0, 0.05) is 34.1 Å². The fourth-order valence-corrected chi connectivity index (χ4v) is 7.28. The van der Waals surface area contributed by atoms with Crippen molar-refractivity contribution in [3.05, 3.63) is 176 Å². The van der Waals surface area contributed by atoms with Crippen LogP contribution in [0.2, 0.25) is 0 Å². The van der Waals surface area contributed by atoms with E-state index >= 15 is 0 Å². The number of hydrogen-bond acceptors (Lipinski definition) is 2. The SMILES string of the molecule is c1ccc(-c2cccc(-c3cc4c5c(c3)N(c3ccccc3)c3ccccc3B5c3ccccc3N4c3ccccc3)c2)cc1. The van der Waals surface area contributed by atoms with Crippen molar-refractivity contribution in [2.45, 2.75) is 0 Å². The van der Waals surface area contributed by atoms with Gasteiger partial charge in [-0.25, -0.2) is 0 Å². The van der Waals surface area contributed by atoms with E-state index in [2.05, 4.69) is 186 Å². The van der Waals surface area contributed by atoms with Gasteiger partial charge in [-0.15, -0.1) is 0 Å². The molecule has 3 heteroatoms. The Balaban J connectivity index is 1.37. The fourth-order valence-electron chi connectivity index (χ4n) is 7.28. The number of para-hydroxylation sites is 4. The molecule has 2 aliphatic heterocycles. The summed E-state index contributed by atoms with van der Waals surface area (Å²) in [4.78, 5) is 4.93. The molecule has 0 aromatic heterocycles. The van der Waals surface area contributed by atoms with Crippen LogP contribution in [0.3, 0.4) is 0 Å². The van der Waals surface area contributed by atoms with Crippen LogP contribution >= 0.6 is 0 Å². The molecule has 0 saturated carbocycles. The third-order valence-electron chi connectivity index (χ3n) is 9.22. The summed E-state index contributed by atoms with van der Waals surface area (Å²) in [5.74, 6) is 0. The lowest BCUT2D eigenvalue weighted by atomic mass is 9.33. The second-order valence-corrected chi connectivity index (χ2v) is 11.8. The summed E-state index contributed by atoms with van der Waals surface area (Å²) in [6.45, 7) is 0.118. The first kappa shape index (κ1) is 25.7. The Kier molecular flexibility index (Phi) is 5.95. The average Bonchev–Trinajstić information content (AvgIpc) is 3.12. The first-order valence-electron chi connectivity index (χ1n) is 15.6. The zero-order valence-electron chi connectivity index (χ0n) is 24.7. The van der Waals surface area contributed by atoms with Gasteiger partial charge < -0.3 is 9.80 Å². The number of rotatable bonds is 4. The molecule has 45 heavy (non-hydrogen) atoms. The lowest BCUT2D eigenvalue weighted by Crippen LogP contribution is -2.61. The van der Waals surface area contributed by atoms with E-state index in [0.717, 1.165) is 11.4 Å². The second-order valence-electron chi connectivity index (χ2n) is 11.8. The van der Waals surface area contributed by atoms with Gasteiger partial charge in [-0.3, -0.25) is 0 Å². The minimum absolute atomic E-state index is 0.118. The highest BCUT2D eigenvalue weighted by Crippen LogP contribution is 2.45. The third-order valence-corrected chi connectivity index (χ3v) is 9.22. The maximum absolute atomic E-state index is 2.46. The van der Waals surface area contributed by atoms with Crippen LogP contribution in [0.15, 0.2) is 176 Å². The molecule has 0 atom stereocenters. The minimum Gasteiger partial charge on any atom is -0.311 e. The molecule has 7 aromatic carbocycles. The molecule has 0 aliphatic carbocycles. The summed E-state index contributed by atoms with van der Waals surface area (Å²) in [6, 6.07) is 63.9. The Labute approximate surface area is 264 Å². The molecule has 0 amide bonds. The Hall–Kier alpha value is -5.80. The molecular weight excluding hydrogens is 543 g/mol. The van der Waals surface area contributed by atoms with Crippen LogP contribution in [-0.2, 0) is 0 Å². The van der Waals surface area contributed by atoms with Crippen molar-refractivity contribution < 1.29 is 0 Å². The summed E-state index contributed by atoms with van der Waals surface area (Å²) in [5.41, 5.74) is 16.0. The van der Waals surface area contributed by atoms with Gasteiger partial charge in [0.1, 0.15) is 0 Å². The highest BCUT2D eigenvalue weighted by atomic mass is 15.2. The zero-order valence-corrected chi connectivity index (χ0v) is 24.7. The summed E-state index contributed by atoms with van der Waals surface area (Å²) >= 11 is 0. The van der Waals surface area contributed by atoms with E-state index in [1.54, 1.807) is 0 Å². The van der Waals surface area contributed by atoms with Crippen molar-refractivity contribution in [2.24, 2.45) is 0 Å². The van der Waals surface area contributed by atoms with Gasteiger partial charge in [0.25, 0.3) is 6.71 Å². The van der Waals surface area contributed by atoms with Crippen LogP contribution < -0.4 is 26.2 Å². The van der Waals surface area contributed by atoms with Crippen LogP contribution in [0, 0.1) is 0 Å². The normalized spacial score (nSPS) is 12.8. The molecule has 9 rings (SSSR count). The van der Waals surface area contributed by atoms with E-state index in [0.29, 0.717) is 0 Å². The zero-order chi connectivity index (χ0) is 29.7. The lowest BCUT2D eigenvalue weighted by molar-refractivity contribution is 1.25. The van der Waals surface area contributed by atoms with E-state index < -0.39 is 0 Å². The van der Waals surface area contributed by atoms with E-state index in [4.69, 9.17) is 0 Å². The Morgan fingerprint density at radius 1 is 0.311 bits per heavy atom. The standard InChI is InChI=1S/C42H29BN2/c1-4-15-30(16-5-1)31-17-14-18-32(27-31)33-28-40-42-41(29-33)45(35-21-8-3-9-22-35)39-26-13-11-24-37(39)43(42)36-23-10-12-25-38(36)44(40)34-19-6-2-7-20-34/h1-29H. The average molecular weight is 573 g/mol. The van der Waals surface area contributed by atoms with Crippen LogP contribution in [0.4, 0.5) is 34.1 Å². The Bertz CT molecular complexity index is 2060. The van der Waals surface area contributed by atoms with E-state index in [1.807, 2.05) is 0 Å². The van der Waals surface area contributed by atoms with Crippen LogP contribution in [0.5, 0.6) is 0 Å². The fraction of sp³-hybridized carbons (Fsp3) is 0. The molecule has 7 aromatic rings. The summed E-state index contributed by atoms with van der Waals surface area (Å²) in [5, 5.41) is 0. The predicted octanol–water partition coefficient (Wildman–Crippen LogP) is 9.10. The lowest BCUT2D eigenvalue weighted by Gasteiger charge is -2.44. The van der Waals surface area contributed by atoms with Gasteiger partial charge >= 0.3 is 0 Å². The van der Waals surface area contributed by atoms with E-state index in [1.165, 1.54) is 61.4 Å². The molecule has 2 aliphatic rings. The topological polar surface area (TPSA) is 6.48 Å². The van der Waals surface area contributed by atoms with Gasteiger partial charge in [0.2, 0.25) is 0 Å². The molecule has 2 nitrogen and oxygen atoms in total. The minimum atomic E-state index is 0.118. The van der Waals surface area contributed by atoms with Crippen molar-refractivity contribution in [2.75, 3.05) is 9.80 Å². The van der Waals surface area contributed by atoms with Gasteiger partial charge in [-0.2, -0.15) is 0 Å². The smallest absolute Gasteiger partial charge is 0.252 e. The van der Waals surface area contributed by atoms with Crippen LogP contribution in [0.1, 0.15) is 0 Å². The highest BCUT2D eigenvalue weighted by molar-refractivity contribution is 7.00. The third kappa shape index (κ3) is 4.12. The van der Waals surface area contributed by atoms with Crippen molar-refractivity contribution in [3.63, 3.8) is 0 Å². The monoisotopic (exact) mass is 572 g/mol. The first-order chi connectivity index (χ1) is 22.3. The molecule has 0 N–H and O–H groups in total. The highest BCUT2D eigenvalue weighted by Gasteiger charge is 2.43. The van der Waals surface area contributed by atoms with Crippen molar-refractivity contribution in [1.29, 1.82) is 0 Å². The van der Waals surface area contributed by atoms with Gasteiger partial charge in [0.15, 0.2) is 0 Å². The number of hydrogen-bond donors (Lipinski definition) is 0. The number of anilines is 6. The predicted molar refractivity (Wildman–Crippen MR) is 191 cm³/mol. The molecule has 0 bridgehead atoms.